The van der Waals surface area contributed by atoms with Crippen LogP contribution in [0.3, 0.4) is 0 Å². The van der Waals surface area contributed by atoms with Crippen molar-refractivity contribution < 1.29 is 17.9 Å². The van der Waals surface area contributed by atoms with Crippen LogP contribution < -0.4 is 0 Å². The van der Waals surface area contributed by atoms with Gasteiger partial charge in [-0.2, -0.15) is 0 Å². The maximum atomic E-state index is 12.5. The van der Waals surface area contributed by atoms with E-state index >= 15 is 0 Å². The highest BCUT2D eigenvalue weighted by Gasteiger charge is 2.37. The van der Waals surface area contributed by atoms with Crippen molar-refractivity contribution in [2.24, 2.45) is 5.92 Å². The minimum atomic E-state index is -3.04. The Labute approximate surface area is 135 Å². The molecule has 2 fully saturated rings. The molecule has 0 bridgehead atoms. The molecule has 7 heteroatoms. The molecular formula is C15H18ClNO4S. The average molecular weight is 344 g/mol. The first-order valence-corrected chi connectivity index (χ1v) is 9.51. The fourth-order valence-corrected chi connectivity index (χ4v) is 4.84. The standard InChI is InChI=1S/C15H18ClNO4S/c16-13-3-1-11(2-4-13)14-9-17(6-7-21-14)15(18)12-5-8-22(19,20)10-12/h1-4,12,14H,5-10H2/t12-,14-/m1/s1. The highest BCUT2D eigenvalue weighted by atomic mass is 35.5. The zero-order chi connectivity index (χ0) is 15.7. The summed E-state index contributed by atoms with van der Waals surface area (Å²) in [6.45, 7) is 1.43. The van der Waals surface area contributed by atoms with Crippen LogP contribution in [0.5, 0.6) is 0 Å². The lowest BCUT2D eigenvalue weighted by Crippen LogP contribution is -2.45. The predicted molar refractivity (Wildman–Crippen MR) is 83.5 cm³/mol. The molecule has 1 aromatic carbocycles. The van der Waals surface area contributed by atoms with E-state index in [4.69, 9.17) is 16.3 Å². The SMILES string of the molecule is O=C([C@@H]1CCS(=O)(=O)C1)N1CCO[C@@H](c2ccc(Cl)cc2)C1. The zero-order valence-electron chi connectivity index (χ0n) is 12.1. The zero-order valence-corrected chi connectivity index (χ0v) is 13.6. The largest absolute Gasteiger partial charge is 0.370 e. The van der Waals surface area contributed by atoms with Gasteiger partial charge in [-0.15, -0.1) is 0 Å². The predicted octanol–water partition coefficient (Wildman–Crippen LogP) is 1.67. The highest BCUT2D eigenvalue weighted by molar-refractivity contribution is 7.91. The second kappa shape index (κ2) is 6.18. The molecule has 22 heavy (non-hydrogen) atoms. The first-order chi connectivity index (χ1) is 10.4. The number of carbonyl (C=O) groups excluding carboxylic acids is 1. The molecule has 2 aliphatic heterocycles. The Morgan fingerprint density at radius 1 is 1.27 bits per heavy atom. The summed E-state index contributed by atoms with van der Waals surface area (Å²) < 4.78 is 28.8. The van der Waals surface area contributed by atoms with E-state index in [2.05, 4.69) is 0 Å². The van der Waals surface area contributed by atoms with Crippen LogP contribution in [0.15, 0.2) is 24.3 Å². The van der Waals surface area contributed by atoms with Gasteiger partial charge in [0.15, 0.2) is 9.84 Å². The van der Waals surface area contributed by atoms with Gasteiger partial charge in [0.2, 0.25) is 5.91 Å². The highest BCUT2D eigenvalue weighted by Crippen LogP contribution is 2.27. The summed E-state index contributed by atoms with van der Waals surface area (Å²) in [5, 5.41) is 0.656. The second-order valence-corrected chi connectivity index (χ2v) is 8.46. The third-order valence-corrected chi connectivity index (χ3v) is 6.22. The summed E-state index contributed by atoms with van der Waals surface area (Å²) in [7, 11) is -3.04. The van der Waals surface area contributed by atoms with Gasteiger partial charge in [0, 0.05) is 11.6 Å². The van der Waals surface area contributed by atoms with E-state index < -0.39 is 15.8 Å². The van der Waals surface area contributed by atoms with Crippen molar-refractivity contribution in [2.45, 2.75) is 12.5 Å². The van der Waals surface area contributed by atoms with Crippen LogP contribution in [-0.2, 0) is 19.4 Å². The van der Waals surface area contributed by atoms with Gasteiger partial charge in [-0.25, -0.2) is 8.42 Å². The Hall–Kier alpha value is -1.11. The smallest absolute Gasteiger partial charge is 0.226 e. The maximum absolute atomic E-state index is 12.5. The number of halogens is 1. The van der Waals surface area contributed by atoms with E-state index in [1.165, 1.54) is 0 Å². The number of rotatable bonds is 2. The molecule has 2 atom stereocenters. The van der Waals surface area contributed by atoms with Crippen molar-refractivity contribution in [3.8, 4) is 0 Å². The summed E-state index contributed by atoms with van der Waals surface area (Å²) in [5.41, 5.74) is 0.973. The van der Waals surface area contributed by atoms with E-state index in [-0.39, 0.29) is 23.5 Å². The van der Waals surface area contributed by atoms with Gasteiger partial charge in [-0.05, 0) is 24.1 Å². The number of ether oxygens (including phenoxy) is 1. The van der Waals surface area contributed by atoms with Crippen molar-refractivity contribution in [3.63, 3.8) is 0 Å². The number of sulfone groups is 1. The van der Waals surface area contributed by atoms with Crippen molar-refractivity contribution in [1.82, 2.24) is 4.90 Å². The van der Waals surface area contributed by atoms with Crippen molar-refractivity contribution in [3.05, 3.63) is 34.9 Å². The number of hydrogen-bond donors (Lipinski definition) is 0. The van der Waals surface area contributed by atoms with Gasteiger partial charge in [0.25, 0.3) is 0 Å². The summed E-state index contributed by atoms with van der Waals surface area (Å²) in [6.07, 6.45) is 0.248. The summed E-state index contributed by atoms with van der Waals surface area (Å²) >= 11 is 5.88. The Morgan fingerprint density at radius 3 is 2.64 bits per heavy atom. The minimum Gasteiger partial charge on any atom is -0.370 e. The van der Waals surface area contributed by atoms with Crippen molar-refractivity contribution in [1.29, 1.82) is 0 Å². The van der Waals surface area contributed by atoms with Crippen LogP contribution in [-0.4, -0.2) is 50.4 Å². The van der Waals surface area contributed by atoms with E-state index in [0.29, 0.717) is 31.1 Å². The number of amides is 1. The van der Waals surface area contributed by atoms with E-state index in [1.54, 1.807) is 17.0 Å². The molecule has 1 amide bonds. The van der Waals surface area contributed by atoms with Gasteiger partial charge in [-0.1, -0.05) is 23.7 Å². The lowest BCUT2D eigenvalue weighted by molar-refractivity contribution is -0.142. The molecule has 2 heterocycles. The quantitative estimate of drug-likeness (QED) is 0.819. The molecule has 0 spiro atoms. The Kier molecular flexibility index (Phi) is 4.43. The van der Waals surface area contributed by atoms with Gasteiger partial charge >= 0.3 is 0 Å². The number of nitrogens with zero attached hydrogens (tertiary/aromatic N) is 1. The lowest BCUT2D eigenvalue weighted by Gasteiger charge is -2.34. The van der Waals surface area contributed by atoms with Crippen LogP contribution >= 0.6 is 11.6 Å². The van der Waals surface area contributed by atoms with Crippen molar-refractivity contribution >= 4 is 27.3 Å². The molecule has 0 aliphatic carbocycles. The van der Waals surface area contributed by atoms with Crippen LogP contribution in [0.2, 0.25) is 5.02 Å². The topological polar surface area (TPSA) is 63.7 Å². The Balaban J connectivity index is 1.68. The van der Waals surface area contributed by atoms with Crippen molar-refractivity contribution in [2.75, 3.05) is 31.2 Å². The Bertz CT molecular complexity index is 659. The van der Waals surface area contributed by atoms with Gasteiger partial charge in [-0.3, -0.25) is 4.79 Å². The molecule has 1 aromatic rings. The van der Waals surface area contributed by atoms with Crippen LogP contribution in [0.1, 0.15) is 18.1 Å². The van der Waals surface area contributed by atoms with E-state index in [0.717, 1.165) is 5.56 Å². The van der Waals surface area contributed by atoms with Gasteiger partial charge in [0.1, 0.15) is 6.10 Å². The molecule has 0 N–H and O–H groups in total. The third-order valence-electron chi connectivity index (χ3n) is 4.20. The normalized spacial score (nSPS) is 27.8. The second-order valence-electron chi connectivity index (χ2n) is 5.80. The average Bonchev–Trinajstić information content (AvgIpc) is 2.87. The first-order valence-electron chi connectivity index (χ1n) is 7.31. The number of morpholine rings is 1. The van der Waals surface area contributed by atoms with Crippen LogP contribution in [0.25, 0.3) is 0 Å². The van der Waals surface area contributed by atoms with E-state index in [1.807, 2.05) is 12.1 Å². The molecule has 120 valence electrons. The minimum absolute atomic E-state index is 0.0190. The molecular weight excluding hydrogens is 326 g/mol. The molecule has 3 rings (SSSR count). The van der Waals surface area contributed by atoms with Crippen LogP contribution in [0, 0.1) is 5.92 Å². The molecule has 0 radical (unpaired) electrons. The summed E-state index contributed by atoms with van der Waals surface area (Å²) in [5.74, 6) is -0.360. The first kappa shape index (κ1) is 15.8. The van der Waals surface area contributed by atoms with E-state index in [9.17, 15) is 13.2 Å². The molecule has 0 unspecified atom stereocenters. The fraction of sp³-hybridized carbons (Fsp3) is 0.533. The van der Waals surface area contributed by atoms with Gasteiger partial charge < -0.3 is 9.64 Å². The number of benzene rings is 1. The summed E-state index contributed by atoms with van der Waals surface area (Å²) in [4.78, 5) is 14.2. The van der Waals surface area contributed by atoms with Gasteiger partial charge in [0.05, 0.1) is 30.6 Å². The lowest BCUT2D eigenvalue weighted by atomic mass is 10.0. The third kappa shape index (κ3) is 3.45. The molecule has 5 nitrogen and oxygen atoms in total. The molecule has 2 saturated heterocycles. The van der Waals surface area contributed by atoms with Crippen LogP contribution in [0.4, 0.5) is 0 Å². The number of carbonyl (C=O) groups is 1. The monoisotopic (exact) mass is 343 g/mol. The Morgan fingerprint density at radius 2 is 2.00 bits per heavy atom. The summed E-state index contributed by atoms with van der Waals surface area (Å²) in [6, 6.07) is 7.37. The number of hydrogen-bond acceptors (Lipinski definition) is 4. The molecule has 0 saturated carbocycles. The fourth-order valence-electron chi connectivity index (χ4n) is 2.98. The molecule has 0 aromatic heterocycles. The maximum Gasteiger partial charge on any atom is 0.226 e. The molecule has 2 aliphatic rings.